The third-order valence-electron chi connectivity index (χ3n) is 7.86. The average molecular weight is 462 g/mol. The van der Waals surface area contributed by atoms with Crippen LogP contribution in [0.1, 0.15) is 168 Å². The Bertz CT molecular complexity index is 438. The zero-order chi connectivity index (χ0) is 24.0. The van der Waals surface area contributed by atoms with Crippen LogP contribution in [-0.4, -0.2) is 19.0 Å². The van der Waals surface area contributed by atoms with Gasteiger partial charge in [0.25, 0.3) is 0 Å². The van der Waals surface area contributed by atoms with E-state index in [0.29, 0.717) is 0 Å². The molecular weight excluding hydrogens is 398 g/mol. The normalized spacial score (nSPS) is 18.1. The van der Waals surface area contributed by atoms with E-state index in [1.54, 1.807) is 12.0 Å². The van der Waals surface area contributed by atoms with Crippen LogP contribution >= 0.6 is 0 Å². The SMILES string of the molecule is CCCCCCCCCC/C(=C\N(C)C)CCCCCCC[C@H]1C[C@H]1CCCCCCCC. The van der Waals surface area contributed by atoms with Gasteiger partial charge in [-0.2, -0.15) is 0 Å². The van der Waals surface area contributed by atoms with Gasteiger partial charge in [-0.15, -0.1) is 0 Å². The van der Waals surface area contributed by atoms with Gasteiger partial charge in [-0.3, -0.25) is 0 Å². The summed E-state index contributed by atoms with van der Waals surface area (Å²) in [5.74, 6) is 2.23. The molecule has 0 saturated heterocycles. The summed E-state index contributed by atoms with van der Waals surface area (Å²) in [7, 11) is 4.37. The van der Waals surface area contributed by atoms with E-state index in [4.69, 9.17) is 0 Å². The van der Waals surface area contributed by atoms with E-state index in [0.717, 1.165) is 11.8 Å². The van der Waals surface area contributed by atoms with Gasteiger partial charge in [-0.05, 0) is 50.1 Å². The minimum atomic E-state index is 1.11. The van der Waals surface area contributed by atoms with Gasteiger partial charge in [0, 0.05) is 14.1 Å². The second-order valence-electron chi connectivity index (χ2n) is 11.6. The van der Waals surface area contributed by atoms with E-state index in [1.807, 2.05) is 0 Å². The molecule has 2 atom stereocenters. The summed E-state index contributed by atoms with van der Waals surface area (Å²) in [4.78, 5) is 2.26. The molecule has 0 N–H and O–H groups in total. The molecule has 1 fully saturated rings. The first-order valence-corrected chi connectivity index (χ1v) is 15.5. The Morgan fingerprint density at radius 2 is 0.909 bits per heavy atom. The van der Waals surface area contributed by atoms with E-state index in [-0.39, 0.29) is 0 Å². The van der Waals surface area contributed by atoms with E-state index in [2.05, 4.69) is 39.0 Å². The quantitative estimate of drug-likeness (QED) is 0.122. The van der Waals surface area contributed by atoms with Crippen LogP contribution in [0, 0.1) is 11.8 Å². The molecule has 0 aliphatic heterocycles. The molecule has 1 rings (SSSR count). The minimum Gasteiger partial charge on any atom is -0.384 e. The fourth-order valence-corrected chi connectivity index (χ4v) is 5.60. The maximum Gasteiger partial charge on any atom is 0.00556 e. The Labute approximate surface area is 210 Å². The third kappa shape index (κ3) is 19.5. The van der Waals surface area contributed by atoms with Crippen LogP contribution in [0.15, 0.2) is 11.8 Å². The van der Waals surface area contributed by atoms with Crippen molar-refractivity contribution in [3.05, 3.63) is 11.8 Å². The molecule has 0 bridgehead atoms. The molecule has 0 aromatic rings. The van der Waals surface area contributed by atoms with Crippen molar-refractivity contribution in [1.82, 2.24) is 4.90 Å². The second kappa shape index (κ2) is 22.0. The molecule has 0 radical (unpaired) electrons. The minimum absolute atomic E-state index is 1.11. The fourth-order valence-electron chi connectivity index (χ4n) is 5.60. The standard InChI is InChI=1S/C32H63N/c1-5-7-9-11-13-14-16-20-24-30(29-33(3)4)25-21-17-15-19-23-27-32-28-31(32)26-22-18-12-10-8-6-2/h29,31-32H,5-28H2,1-4H3/b30-29+/t31-,32+/m1/s1. The lowest BCUT2D eigenvalue weighted by atomic mass is 9.99. The van der Waals surface area contributed by atoms with Crippen molar-refractivity contribution in [1.29, 1.82) is 0 Å². The molecule has 1 heteroatoms. The van der Waals surface area contributed by atoms with E-state index in [9.17, 15) is 0 Å². The molecular formula is C32H63N. The van der Waals surface area contributed by atoms with Crippen LogP contribution in [-0.2, 0) is 0 Å². The van der Waals surface area contributed by atoms with Crippen molar-refractivity contribution in [2.75, 3.05) is 14.1 Å². The summed E-state index contributed by atoms with van der Waals surface area (Å²) in [5.41, 5.74) is 1.70. The van der Waals surface area contributed by atoms with Crippen molar-refractivity contribution in [2.24, 2.45) is 11.8 Å². The predicted octanol–water partition coefficient (Wildman–Crippen LogP) is 11.1. The molecule has 0 spiro atoms. The van der Waals surface area contributed by atoms with E-state index in [1.165, 1.54) is 148 Å². The largest absolute Gasteiger partial charge is 0.384 e. The van der Waals surface area contributed by atoms with Crippen LogP contribution in [0.4, 0.5) is 0 Å². The first-order chi connectivity index (χ1) is 16.2. The molecule has 1 nitrogen and oxygen atoms in total. The smallest absolute Gasteiger partial charge is 0.00556 e. The molecule has 196 valence electrons. The van der Waals surface area contributed by atoms with Crippen molar-refractivity contribution in [3.63, 3.8) is 0 Å². The molecule has 33 heavy (non-hydrogen) atoms. The summed E-state index contributed by atoms with van der Waals surface area (Å²) in [6.07, 6.45) is 37.2. The number of nitrogens with zero attached hydrogens (tertiary/aromatic N) is 1. The molecule has 1 aliphatic rings. The second-order valence-corrected chi connectivity index (χ2v) is 11.6. The predicted molar refractivity (Wildman–Crippen MR) is 151 cm³/mol. The van der Waals surface area contributed by atoms with E-state index < -0.39 is 0 Å². The molecule has 0 heterocycles. The number of unbranched alkanes of at least 4 members (excludes halogenated alkanes) is 16. The van der Waals surface area contributed by atoms with Gasteiger partial charge < -0.3 is 4.90 Å². The first kappa shape index (κ1) is 30.6. The lowest BCUT2D eigenvalue weighted by Crippen LogP contribution is -2.03. The summed E-state index contributed by atoms with van der Waals surface area (Å²) >= 11 is 0. The monoisotopic (exact) mass is 461 g/mol. The molecule has 0 aromatic heterocycles. The number of allylic oxidation sites excluding steroid dienone is 1. The van der Waals surface area contributed by atoms with Crippen molar-refractivity contribution in [2.45, 2.75) is 168 Å². The van der Waals surface area contributed by atoms with E-state index >= 15 is 0 Å². The van der Waals surface area contributed by atoms with Crippen LogP contribution in [0.25, 0.3) is 0 Å². The summed E-state index contributed by atoms with van der Waals surface area (Å²) in [6.45, 7) is 4.62. The van der Waals surface area contributed by atoms with Gasteiger partial charge in [0.05, 0.1) is 0 Å². The Morgan fingerprint density at radius 3 is 1.30 bits per heavy atom. The van der Waals surface area contributed by atoms with Gasteiger partial charge in [0.2, 0.25) is 0 Å². The van der Waals surface area contributed by atoms with Gasteiger partial charge in [0.1, 0.15) is 0 Å². The molecule has 0 unspecified atom stereocenters. The average Bonchev–Trinajstić information content (AvgIpc) is 3.54. The molecule has 1 saturated carbocycles. The highest BCUT2D eigenvalue weighted by Gasteiger charge is 2.34. The Hall–Kier alpha value is -0.460. The Morgan fingerprint density at radius 1 is 0.545 bits per heavy atom. The van der Waals surface area contributed by atoms with Gasteiger partial charge in [-0.1, -0.05) is 141 Å². The van der Waals surface area contributed by atoms with Crippen LogP contribution in [0.5, 0.6) is 0 Å². The van der Waals surface area contributed by atoms with Crippen LogP contribution in [0.3, 0.4) is 0 Å². The zero-order valence-electron chi connectivity index (χ0n) is 23.6. The highest BCUT2D eigenvalue weighted by Crippen LogP contribution is 2.45. The molecule has 1 aliphatic carbocycles. The van der Waals surface area contributed by atoms with Crippen molar-refractivity contribution in [3.8, 4) is 0 Å². The third-order valence-corrected chi connectivity index (χ3v) is 7.86. The topological polar surface area (TPSA) is 3.24 Å². The van der Waals surface area contributed by atoms with Gasteiger partial charge in [0.15, 0.2) is 0 Å². The summed E-state index contributed by atoms with van der Waals surface area (Å²) in [6, 6.07) is 0. The maximum absolute atomic E-state index is 2.41. The van der Waals surface area contributed by atoms with Crippen LogP contribution < -0.4 is 0 Å². The lowest BCUT2D eigenvalue weighted by molar-refractivity contribution is 0.512. The van der Waals surface area contributed by atoms with Crippen molar-refractivity contribution >= 4 is 0 Å². The fraction of sp³-hybridized carbons (Fsp3) is 0.938. The van der Waals surface area contributed by atoms with Gasteiger partial charge >= 0.3 is 0 Å². The maximum atomic E-state index is 2.41. The van der Waals surface area contributed by atoms with Crippen molar-refractivity contribution < 1.29 is 0 Å². The zero-order valence-corrected chi connectivity index (χ0v) is 23.6. The highest BCUT2D eigenvalue weighted by molar-refractivity contribution is 5.00. The molecule has 0 amide bonds. The Kier molecular flexibility index (Phi) is 20.4. The lowest BCUT2D eigenvalue weighted by Gasteiger charge is -2.12. The van der Waals surface area contributed by atoms with Gasteiger partial charge in [-0.25, -0.2) is 0 Å². The first-order valence-electron chi connectivity index (χ1n) is 15.5. The summed E-state index contributed by atoms with van der Waals surface area (Å²) in [5, 5.41) is 0. The number of hydrogen-bond acceptors (Lipinski definition) is 1. The molecule has 0 aromatic carbocycles. The Balaban J connectivity index is 1.94. The number of rotatable bonds is 25. The highest BCUT2D eigenvalue weighted by atomic mass is 15.0. The number of hydrogen-bond donors (Lipinski definition) is 0. The van der Waals surface area contributed by atoms with Crippen LogP contribution in [0.2, 0.25) is 0 Å². The summed E-state index contributed by atoms with van der Waals surface area (Å²) < 4.78 is 0.